The van der Waals surface area contributed by atoms with Gasteiger partial charge in [0.1, 0.15) is 23.2 Å². The van der Waals surface area contributed by atoms with E-state index in [0.717, 1.165) is 7.11 Å². The summed E-state index contributed by atoms with van der Waals surface area (Å²) < 4.78 is 57.6. The largest absolute Gasteiger partial charge is 0.491 e. The van der Waals surface area contributed by atoms with Crippen LogP contribution in [0.15, 0.2) is 28.9 Å². The number of esters is 1. The summed E-state index contributed by atoms with van der Waals surface area (Å²) in [4.78, 5) is 12.3. The Morgan fingerprint density at radius 3 is 2.58 bits per heavy atom. The molecule has 26 heavy (non-hydrogen) atoms. The van der Waals surface area contributed by atoms with Gasteiger partial charge >= 0.3 is 5.97 Å². The maximum absolute atomic E-state index is 14.8. The van der Waals surface area contributed by atoms with Gasteiger partial charge in [-0.1, -0.05) is 0 Å². The minimum atomic E-state index is -1.58. The number of hydrogen-bond donors (Lipinski definition) is 1. The van der Waals surface area contributed by atoms with Crippen LogP contribution in [0.3, 0.4) is 0 Å². The molecule has 9 heteroatoms. The standard InChI is InChI=1S/C17H15F3N2O4/c1-4-25-17(23)11-7(2)26-16(22)8(6-21)12(11)13-9(18)5-10(19)15(24-3)14(13)20/h5,12H,4,22H2,1-3H3. The highest BCUT2D eigenvalue weighted by molar-refractivity contribution is 5.92. The number of carbonyl (C=O) groups is 1. The van der Waals surface area contributed by atoms with Crippen LogP contribution in [0.5, 0.6) is 5.75 Å². The highest BCUT2D eigenvalue weighted by Crippen LogP contribution is 2.43. The Kier molecular flexibility index (Phi) is 5.45. The summed E-state index contributed by atoms with van der Waals surface area (Å²) in [5.74, 6) is -7.89. The second kappa shape index (κ2) is 7.39. The van der Waals surface area contributed by atoms with Crippen LogP contribution in [0.4, 0.5) is 13.2 Å². The Morgan fingerprint density at radius 1 is 1.38 bits per heavy atom. The van der Waals surface area contributed by atoms with E-state index in [9.17, 15) is 23.2 Å². The van der Waals surface area contributed by atoms with E-state index in [1.54, 1.807) is 6.07 Å². The number of halogens is 3. The summed E-state index contributed by atoms with van der Waals surface area (Å²) in [6.07, 6.45) is 0. The van der Waals surface area contributed by atoms with E-state index in [1.807, 2.05) is 0 Å². The van der Waals surface area contributed by atoms with Gasteiger partial charge in [0.15, 0.2) is 17.4 Å². The van der Waals surface area contributed by atoms with Crippen LogP contribution in [0, 0.1) is 28.8 Å². The SMILES string of the molecule is CCOC(=O)C1=C(C)OC(N)=C(C#N)C1c1c(F)cc(F)c(OC)c1F. The number of benzene rings is 1. The van der Waals surface area contributed by atoms with Crippen molar-refractivity contribution in [2.75, 3.05) is 13.7 Å². The molecule has 0 bridgehead atoms. The Bertz CT molecular complexity index is 872. The molecule has 0 saturated carbocycles. The van der Waals surface area contributed by atoms with E-state index < -0.39 is 52.1 Å². The van der Waals surface area contributed by atoms with E-state index in [-0.39, 0.29) is 17.9 Å². The predicted octanol–water partition coefficient (Wildman–Crippen LogP) is 2.76. The van der Waals surface area contributed by atoms with E-state index in [2.05, 4.69) is 4.74 Å². The van der Waals surface area contributed by atoms with Crippen LogP contribution < -0.4 is 10.5 Å². The number of nitriles is 1. The van der Waals surface area contributed by atoms with Gasteiger partial charge in [0.25, 0.3) is 0 Å². The molecular weight excluding hydrogens is 353 g/mol. The topological polar surface area (TPSA) is 94.6 Å². The highest BCUT2D eigenvalue weighted by atomic mass is 19.1. The first kappa shape index (κ1) is 19.2. The fraction of sp³-hybridized carbons (Fsp3) is 0.294. The number of hydrogen-bond acceptors (Lipinski definition) is 6. The molecule has 6 nitrogen and oxygen atoms in total. The van der Waals surface area contributed by atoms with E-state index in [1.165, 1.54) is 13.8 Å². The van der Waals surface area contributed by atoms with E-state index >= 15 is 0 Å². The van der Waals surface area contributed by atoms with Gasteiger partial charge in [-0.15, -0.1) is 0 Å². The molecule has 1 unspecified atom stereocenters. The Labute approximate surface area is 147 Å². The molecule has 0 radical (unpaired) electrons. The molecule has 1 aromatic carbocycles. The van der Waals surface area contributed by atoms with Crippen LogP contribution in [0.1, 0.15) is 25.3 Å². The molecule has 0 spiro atoms. The third-order valence-electron chi connectivity index (χ3n) is 3.76. The number of rotatable bonds is 4. The smallest absolute Gasteiger partial charge is 0.338 e. The van der Waals surface area contributed by atoms with Gasteiger partial charge in [0, 0.05) is 11.6 Å². The van der Waals surface area contributed by atoms with Gasteiger partial charge in [0.05, 0.1) is 25.2 Å². The van der Waals surface area contributed by atoms with Gasteiger partial charge in [-0.3, -0.25) is 0 Å². The average molecular weight is 368 g/mol. The zero-order valence-corrected chi connectivity index (χ0v) is 14.2. The van der Waals surface area contributed by atoms with Crippen LogP contribution >= 0.6 is 0 Å². The predicted molar refractivity (Wildman–Crippen MR) is 82.9 cm³/mol. The summed E-state index contributed by atoms with van der Waals surface area (Å²) in [5.41, 5.74) is 4.15. The lowest BCUT2D eigenvalue weighted by Gasteiger charge is -2.27. The van der Waals surface area contributed by atoms with Gasteiger partial charge in [-0.05, 0) is 13.8 Å². The lowest BCUT2D eigenvalue weighted by Crippen LogP contribution is -2.27. The summed E-state index contributed by atoms with van der Waals surface area (Å²) in [7, 11) is 0.996. The Hall–Kier alpha value is -3.15. The number of ether oxygens (including phenoxy) is 3. The van der Waals surface area contributed by atoms with Gasteiger partial charge in [-0.25, -0.2) is 18.0 Å². The first-order chi connectivity index (χ1) is 12.3. The van der Waals surface area contributed by atoms with Crippen molar-refractivity contribution in [1.82, 2.24) is 0 Å². The molecule has 1 atom stereocenters. The van der Waals surface area contributed by atoms with Crippen LogP contribution in [0.25, 0.3) is 0 Å². The van der Waals surface area contributed by atoms with Crippen molar-refractivity contribution in [3.05, 3.63) is 51.9 Å². The fourth-order valence-electron chi connectivity index (χ4n) is 2.68. The second-order valence-electron chi connectivity index (χ2n) is 5.22. The molecule has 1 aliphatic rings. The van der Waals surface area contributed by atoms with Gasteiger partial charge < -0.3 is 19.9 Å². The maximum atomic E-state index is 14.8. The molecule has 2 N–H and O–H groups in total. The van der Waals surface area contributed by atoms with Crippen molar-refractivity contribution in [2.24, 2.45) is 5.73 Å². The van der Waals surface area contributed by atoms with Crippen molar-refractivity contribution < 1.29 is 32.2 Å². The summed E-state index contributed by atoms with van der Waals surface area (Å²) >= 11 is 0. The number of carbonyl (C=O) groups excluding carboxylic acids is 1. The first-order valence-corrected chi connectivity index (χ1v) is 7.45. The first-order valence-electron chi connectivity index (χ1n) is 7.45. The molecule has 0 saturated heterocycles. The molecule has 138 valence electrons. The Morgan fingerprint density at radius 2 is 2.04 bits per heavy atom. The lowest BCUT2D eigenvalue weighted by atomic mass is 9.82. The minimum Gasteiger partial charge on any atom is -0.491 e. The maximum Gasteiger partial charge on any atom is 0.338 e. The molecule has 0 aromatic heterocycles. The molecule has 1 heterocycles. The highest BCUT2D eigenvalue weighted by Gasteiger charge is 2.40. The zero-order chi connectivity index (χ0) is 19.6. The van der Waals surface area contributed by atoms with Crippen molar-refractivity contribution >= 4 is 5.97 Å². The summed E-state index contributed by atoms with van der Waals surface area (Å²) in [6, 6.07) is 2.07. The third kappa shape index (κ3) is 3.06. The molecule has 2 rings (SSSR count). The fourth-order valence-corrected chi connectivity index (χ4v) is 2.68. The van der Waals surface area contributed by atoms with E-state index in [4.69, 9.17) is 15.2 Å². The molecule has 0 aliphatic carbocycles. The lowest BCUT2D eigenvalue weighted by molar-refractivity contribution is -0.139. The van der Waals surface area contributed by atoms with Crippen LogP contribution in [-0.2, 0) is 14.3 Å². The minimum absolute atomic E-state index is 0.0267. The van der Waals surface area contributed by atoms with Crippen LogP contribution in [0.2, 0.25) is 0 Å². The third-order valence-corrected chi connectivity index (χ3v) is 3.76. The average Bonchev–Trinajstić information content (AvgIpc) is 2.54. The zero-order valence-electron chi connectivity index (χ0n) is 14.2. The molecule has 0 fully saturated rings. The molecular formula is C17H15F3N2O4. The summed E-state index contributed by atoms with van der Waals surface area (Å²) in [5, 5.41) is 9.38. The normalized spacial score (nSPS) is 16.9. The molecule has 1 aliphatic heterocycles. The van der Waals surface area contributed by atoms with Crippen molar-refractivity contribution in [3.63, 3.8) is 0 Å². The quantitative estimate of drug-likeness (QED) is 0.822. The second-order valence-corrected chi connectivity index (χ2v) is 5.22. The van der Waals surface area contributed by atoms with Crippen molar-refractivity contribution in [2.45, 2.75) is 19.8 Å². The number of methoxy groups -OCH3 is 1. The van der Waals surface area contributed by atoms with E-state index in [0.29, 0.717) is 6.07 Å². The number of nitrogens with two attached hydrogens (primary N) is 1. The van der Waals surface area contributed by atoms with Crippen molar-refractivity contribution in [1.29, 1.82) is 5.26 Å². The van der Waals surface area contributed by atoms with Crippen LogP contribution in [-0.4, -0.2) is 19.7 Å². The van der Waals surface area contributed by atoms with Gasteiger partial charge in [0.2, 0.25) is 5.88 Å². The molecule has 0 amide bonds. The molecule has 1 aromatic rings. The van der Waals surface area contributed by atoms with Gasteiger partial charge in [-0.2, -0.15) is 5.26 Å². The number of allylic oxidation sites excluding steroid dienone is 2. The summed E-state index contributed by atoms with van der Waals surface area (Å²) in [6.45, 7) is 2.84. The monoisotopic (exact) mass is 368 g/mol. The number of nitrogens with zero attached hydrogens (tertiary/aromatic N) is 1. The van der Waals surface area contributed by atoms with Crippen molar-refractivity contribution in [3.8, 4) is 11.8 Å². The Balaban J connectivity index is 2.83.